The third-order valence-electron chi connectivity index (χ3n) is 3.46. The molecular weight excluding hydrogens is 224 g/mol. The number of aryl methyl sites for hydroxylation is 3. The summed E-state index contributed by atoms with van der Waals surface area (Å²) in [6, 6.07) is 3.54. The average Bonchev–Trinajstić information content (AvgIpc) is 2.32. The third kappa shape index (κ3) is 2.30. The van der Waals surface area contributed by atoms with Gasteiger partial charge in [-0.1, -0.05) is 13.8 Å². The quantitative estimate of drug-likeness (QED) is 0.831. The summed E-state index contributed by atoms with van der Waals surface area (Å²) in [4.78, 5) is 16.4. The van der Waals surface area contributed by atoms with E-state index in [4.69, 9.17) is 0 Å². The van der Waals surface area contributed by atoms with Crippen LogP contribution in [0.4, 0.5) is 0 Å². The van der Waals surface area contributed by atoms with E-state index in [-0.39, 0.29) is 5.56 Å². The largest absolute Gasteiger partial charge is 0.293 e. The summed E-state index contributed by atoms with van der Waals surface area (Å²) in [5.41, 5.74) is 3.22. The highest BCUT2D eigenvalue weighted by molar-refractivity contribution is 5.79. The van der Waals surface area contributed by atoms with Crippen molar-refractivity contribution in [1.29, 1.82) is 0 Å². The predicted molar refractivity (Wildman–Crippen MR) is 74.9 cm³/mol. The van der Waals surface area contributed by atoms with Gasteiger partial charge in [0.25, 0.3) is 5.56 Å². The van der Waals surface area contributed by atoms with E-state index < -0.39 is 0 Å². The first-order chi connectivity index (χ1) is 8.50. The van der Waals surface area contributed by atoms with Gasteiger partial charge in [-0.15, -0.1) is 0 Å². The number of rotatable bonds is 3. The zero-order chi connectivity index (χ0) is 13.3. The van der Waals surface area contributed by atoms with Crippen molar-refractivity contribution in [3.63, 3.8) is 0 Å². The van der Waals surface area contributed by atoms with Crippen LogP contribution in [-0.4, -0.2) is 9.55 Å². The molecule has 0 N–H and O–H groups in total. The number of hydrogen-bond donors (Lipinski definition) is 0. The lowest BCUT2D eigenvalue weighted by Crippen LogP contribution is -2.21. The molecule has 2 aromatic heterocycles. The lowest BCUT2D eigenvalue weighted by atomic mass is 10.1. The molecule has 3 heteroatoms. The topological polar surface area (TPSA) is 34.9 Å². The Kier molecular flexibility index (Phi) is 3.50. The molecule has 2 rings (SSSR count). The molecule has 0 spiro atoms. The minimum Gasteiger partial charge on any atom is -0.293 e. The maximum atomic E-state index is 12.0. The summed E-state index contributed by atoms with van der Waals surface area (Å²) in [5.74, 6) is 0.582. The predicted octanol–water partition coefficient (Wildman–Crippen LogP) is 3.06. The second-order valence-corrected chi connectivity index (χ2v) is 5.31. The molecular formula is C15H20N2O. The zero-order valence-corrected chi connectivity index (χ0v) is 11.5. The first kappa shape index (κ1) is 12.8. The highest BCUT2D eigenvalue weighted by Gasteiger charge is 2.08. The molecule has 0 bridgehead atoms. The van der Waals surface area contributed by atoms with Gasteiger partial charge < -0.3 is 0 Å². The van der Waals surface area contributed by atoms with E-state index in [9.17, 15) is 4.79 Å². The summed E-state index contributed by atoms with van der Waals surface area (Å²) >= 11 is 0. The molecule has 2 heterocycles. The fraction of sp³-hybridized carbons (Fsp3) is 0.467. The number of pyridine rings is 2. The van der Waals surface area contributed by atoms with Crippen molar-refractivity contribution in [3.8, 4) is 0 Å². The highest BCUT2D eigenvalue weighted by atomic mass is 16.1. The SMILES string of the molecule is Cc1cnc2c(ccc(=O)n2CCC(C)C)c1C. The van der Waals surface area contributed by atoms with Crippen LogP contribution in [0.2, 0.25) is 0 Å². The van der Waals surface area contributed by atoms with Crippen LogP contribution in [-0.2, 0) is 6.54 Å². The number of aromatic nitrogens is 2. The Morgan fingerprint density at radius 3 is 2.67 bits per heavy atom. The Morgan fingerprint density at radius 1 is 1.28 bits per heavy atom. The maximum Gasteiger partial charge on any atom is 0.252 e. The minimum absolute atomic E-state index is 0.0407. The summed E-state index contributed by atoms with van der Waals surface area (Å²) in [6.45, 7) is 9.20. The van der Waals surface area contributed by atoms with Gasteiger partial charge in [-0.2, -0.15) is 0 Å². The summed E-state index contributed by atoms with van der Waals surface area (Å²) in [6.07, 6.45) is 2.84. The molecule has 96 valence electrons. The van der Waals surface area contributed by atoms with Crippen LogP contribution in [0, 0.1) is 19.8 Å². The van der Waals surface area contributed by atoms with Crippen LogP contribution in [0.25, 0.3) is 11.0 Å². The minimum atomic E-state index is 0.0407. The Hall–Kier alpha value is -1.64. The Morgan fingerprint density at radius 2 is 2.00 bits per heavy atom. The van der Waals surface area contributed by atoms with Crippen molar-refractivity contribution in [1.82, 2.24) is 9.55 Å². The lowest BCUT2D eigenvalue weighted by molar-refractivity contribution is 0.515. The van der Waals surface area contributed by atoms with Gasteiger partial charge >= 0.3 is 0 Å². The fourth-order valence-electron chi connectivity index (χ4n) is 2.07. The third-order valence-corrected chi connectivity index (χ3v) is 3.46. The van der Waals surface area contributed by atoms with Gasteiger partial charge in [0.1, 0.15) is 5.65 Å². The fourth-order valence-corrected chi connectivity index (χ4v) is 2.07. The van der Waals surface area contributed by atoms with Crippen molar-refractivity contribution < 1.29 is 0 Å². The van der Waals surface area contributed by atoms with Crippen molar-refractivity contribution in [2.24, 2.45) is 5.92 Å². The van der Waals surface area contributed by atoms with Gasteiger partial charge in [-0.3, -0.25) is 9.36 Å². The molecule has 0 amide bonds. The molecule has 3 nitrogen and oxygen atoms in total. The first-order valence-electron chi connectivity index (χ1n) is 6.46. The molecule has 0 aliphatic carbocycles. The normalized spacial score (nSPS) is 11.4. The average molecular weight is 244 g/mol. The van der Waals surface area contributed by atoms with Crippen LogP contribution < -0.4 is 5.56 Å². The van der Waals surface area contributed by atoms with E-state index in [0.717, 1.165) is 29.6 Å². The van der Waals surface area contributed by atoms with E-state index in [0.29, 0.717) is 5.92 Å². The van der Waals surface area contributed by atoms with Crippen LogP contribution in [0.3, 0.4) is 0 Å². The molecule has 0 aliphatic heterocycles. The van der Waals surface area contributed by atoms with E-state index in [1.54, 1.807) is 10.6 Å². The van der Waals surface area contributed by atoms with Crippen molar-refractivity contribution in [2.75, 3.05) is 0 Å². The second kappa shape index (κ2) is 4.92. The van der Waals surface area contributed by atoms with Gasteiger partial charge in [0.2, 0.25) is 0 Å². The van der Waals surface area contributed by atoms with Crippen LogP contribution in [0.15, 0.2) is 23.1 Å². The maximum absolute atomic E-state index is 12.0. The van der Waals surface area contributed by atoms with Gasteiger partial charge in [0.05, 0.1) is 0 Å². The summed E-state index contributed by atoms with van der Waals surface area (Å²) in [5, 5.41) is 1.08. The molecule has 0 aromatic carbocycles. The Labute approximate surface area is 107 Å². The summed E-state index contributed by atoms with van der Waals surface area (Å²) in [7, 11) is 0. The number of nitrogens with zero attached hydrogens (tertiary/aromatic N) is 2. The lowest BCUT2D eigenvalue weighted by Gasteiger charge is -2.12. The highest BCUT2D eigenvalue weighted by Crippen LogP contribution is 2.18. The molecule has 18 heavy (non-hydrogen) atoms. The van der Waals surface area contributed by atoms with Crippen LogP contribution in [0.5, 0.6) is 0 Å². The standard InChI is InChI=1S/C15H20N2O/c1-10(2)7-8-17-14(18)6-5-13-12(4)11(3)9-16-15(13)17/h5-6,9-10H,7-8H2,1-4H3. The second-order valence-electron chi connectivity index (χ2n) is 5.31. The molecule has 2 aromatic rings. The first-order valence-corrected chi connectivity index (χ1v) is 6.46. The van der Waals surface area contributed by atoms with Gasteiger partial charge in [0.15, 0.2) is 0 Å². The molecule has 0 radical (unpaired) electrons. The molecule has 0 aliphatic rings. The Bertz CT molecular complexity index is 626. The van der Waals surface area contributed by atoms with Crippen molar-refractivity contribution in [3.05, 3.63) is 39.8 Å². The van der Waals surface area contributed by atoms with Crippen molar-refractivity contribution in [2.45, 2.75) is 40.7 Å². The molecule has 0 saturated carbocycles. The summed E-state index contributed by atoms with van der Waals surface area (Å²) < 4.78 is 1.79. The molecule has 0 atom stereocenters. The van der Waals surface area contributed by atoms with Gasteiger partial charge in [-0.05, 0) is 43.4 Å². The van der Waals surface area contributed by atoms with Gasteiger partial charge in [0, 0.05) is 24.2 Å². The van der Waals surface area contributed by atoms with Gasteiger partial charge in [-0.25, -0.2) is 4.98 Å². The van der Waals surface area contributed by atoms with Crippen LogP contribution >= 0.6 is 0 Å². The zero-order valence-electron chi connectivity index (χ0n) is 11.5. The molecule has 0 fully saturated rings. The smallest absolute Gasteiger partial charge is 0.252 e. The van der Waals surface area contributed by atoms with Crippen LogP contribution in [0.1, 0.15) is 31.4 Å². The number of fused-ring (bicyclic) bond motifs is 1. The van der Waals surface area contributed by atoms with E-state index in [1.165, 1.54) is 5.56 Å². The monoisotopic (exact) mass is 244 g/mol. The molecule has 0 saturated heterocycles. The van der Waals surface area contributed by atoms with Crippen molar-refractivity contribution >= 4 is 11.0 Å². The van der Waals surface area contributed by atoms with E-state index >= 15 is 0 Å². The number of hydrogen-bond acceptors (Lipinski definition) is 2. The molecule has 0 unspecified atom stereocenters. The van der Waals surface area contributed by atoms with E-state index in [2.05, 4.69) is 25.8 Å². The van der Waals surface area contributed by atoms with E-state index in [1.807, 2.05) is 19.2 Å². The Balaban J connectivity index is 2.61.